The number of benzene rings is 1. The number of nitrogens with one attached hydrogen (secondary N) is 2. The van der Waals surface area contributed by atoms with E-state index in [2.05, 4.69) is 15.6 Å². The molecule has 0 bridgehead atoms. The van der Waals surface area contributed by atoms with E-state index in [0.717, 1.165) is 5.56 Å². The Morgan fingerprint density at radius 1 is 1.30 bits per heavy atom. The van der Waals surface area contributed by atoms with Gasteiger partial charge in [0, 0.05) is 38.8 Å². The number of carbonyl (C=O) groups excluding carboxylic acids is 1. The average Bonchev–Trinajstić information content (AvgIpc) is 2.59. The fourth-order valence-corrected chi connectivity index (χ4v) is 4.29. The number of guanidine groups is 1. The quantitative estimate of drug-likeness (QED) is 0.367. The van der Waals surface area contributed by atoms with Crippen LogP contribution in [0.3, 0.4) is 0 Å². The summed E-state index contributed by atoms with van der Waals surface area (Å²) in [5.74, 6) is 0.686. The molecule has 2 rings (SSSR count). The molecule has 1 aliphatic rings. The zero-order chi connectivity index (χ0) is 19.4. The number of halogens is 1. The third kappa shape index (κ3) is 5.81. The molecule has 1 heterocycles. The molecule has 0 unspecified atom stereocenters. The van der Waals surface area contributed by atoms with Crippen LogP contribution in [0.2, 0.25) is 0 Å². The summed E-state index contributed by atoms with van der Waals surface area (Å²) in [4.78, 5) is 18.2. The maximum atomic E-state index is 12.2. The molecule has 2 N–H and O–H groups in total. The molecule has 1 amide bonds. The fraction of sp³-hybridized carbons (Fsp3) is 0.556. The number of rotatable bonds is 4. The van der Waals surface area contributed by atoms with E-state index in [0.29, 0.717) is 37.7 Å². The first kappa shape index (κ1) is 23.7. The molecule has 1 fully saturated rings. The van der Waals surface area contributed by atoms with E-state index in [4.69, 9.17) is 0 Å². The molecule has 1 aromatic rings. The number of hydrogen-bond donors (Lipinski definition) is 2. The maximum Gasteiger partial charge on any atom is 0.251 e. The van der Waals surface area contributed by atoms with Crippen LogP contribution in [0.15, 0.2) is 29.3 Å². The van der Waals surface area contributed by atoms with Crippen LogP contribution < -0.4 is 10.6 Å². The molecule has 1 aliphatic heterocycles. The SMILES string of the molecule is CCNC(=O)c1cccc(CNC(=NC)N2CCS(=O)(=O)C(C)(C)C2)c1.I. The second kappa shape index (κ2) is 9.72. The van der Waals surface area contributed by atoms with Crippen molar-refractivity contribution >= 4 is 45.7 Å². The van der Waals surface area contributed by atoms with Crippen LogP contribution in [-0.4, -0.2) is 62.4 Å². The highest BCUT2D eigenvalue weighted by Crippen LogP contribution is 2.23. The molecule has 9 heteroatoms. The predicted molar refractivity (Wildman–Crippen MR) is 120 cm³/mol. The second-order valence-corrected chi connectivity index (χ2v) is 9.70. The number of nitrogens with zero attached hydrogens (tertiary/aromatic N) is 2. The Morgan fingerprint density at radius 3 is 2.59 bits per heavy atom. The Balaban J connectivity index is 0.00000364. The lowest BCUT2D eigenvalue weighted by Crippen LogP contribution is -2.57. The van der Waals surface area contributed by atoms with Gasteiger partial charge in [0.15, 0.2) is 15.8 Å². The van der Waals surface area contributed by atoms with Crippen molar-refractivity contribution in [3.05, 3.63) is 35.4 Å². The van der Waals surface area contributed by atoms with Gasteiger partial charge in [-0.05, 0) is 38.5 Å². The summed E-state index contributed by atoms with van der Waals surface area (Å²) in [6, 6.07) is 7.41. The first-order chi connectivity index (χ1) is 12.2. The zero-order valence-corrected chi connectivity index (χ0v) is 19.4. The van der Waals surface area contributed by atoms with Crippen molar-refractivity contribution in [1.29, 1.82) is 0 Å². The lowest BCUT2D eigenvalue weighted by Gasteiger charge is -2.39. The van der Waals surface area contributed by atoms with E-state index >= 15 is 0 Å². The molecule has 1 aromatic carbocycles. The second-order valence-electron chi connectivity index (χ2n) is 6.96. The molecule has 0 spiro atoms. The molecular formula is C18H29IN4O3S. The maximum absolute atomic E-state index is 12.2. The number of amides is 1. The van der Waals surface area contributed by atoms with Gasteiger partial charge in [-0.1, -0.05) is 12.1 Å². The van der Waals surface area contributed by atoms with Gasteiger partial charge in [0.05, 0.1) is 10.5 Å². The van der Waals surface area contributed by atoms with Crippen molar-refractivity contribution in [2.45, 2.75) is 32.1 Å². The average molecular weight is 508 g/mol. The Labute approximate surface area is 178 Å². The van der Waals surface area contributed by atoms with Gasteiger partial charge in [-0.25, -0.2) is 8.42 Å². The van der Waals surface area contributed by atoms with E-state index in [1.807, 2.05) is 30.0 Å². The van der Waals surface area contributed by atoms with Gasteiger partial charge in [0.1, 0.15) is 0 Å². The topological polar surface area (TPSA) is 90.9 Å². The molecule has 0 aromatic heterocycles. The highest BCUT2D eigenvalue weighted by Gasteiger charge is 2.40. The predicted octanol–water partition coefficient (Wildman–Crippen LogP) is 1.64. The standard InChI is InChI=1S/C18H28N4O3S.HI/c1-5-20-16(23)15-8-6-7-14(11-15)12-21-17(19-4)22-9-10-26(24,25)18(2,3)13-22;/h6-8,11H,5,9-10,12-13H2,1-4H3,(H,19,21)(H,20,23);1H. The fourth-order valence-electron chi connectivity index (χ4n) is 2.92. The molecule has 1 saturated heterocycles. The first-order valence-electron chi connectivity index (χ1n) is 8.75. The van der Waals surface area contributed by atoms with Crippen molar-refractivity contribution in [1.82, 2.24) is 15.5 Å². The van der Waals surface area contributed by atoms with E-state index in [1.54, 1.807) is 27.0 Å². The van der Waals surface area contributed by atoms with Gasteiger partial charge in [-0.3, -0.25) is 9.79 Å². The van der Waals surface area contributed by atoms with Gasteiger partial charge in [-0.15, -0.1) is 24.0 Å². The third-order valence-electron chi connectivity index (χ3n) is 4.53. The van der Waals surface area contributed by atoms with Crippen molar-refractivity contribution in [3.8, 4) is 0 Å². The van der Waals surface area contributed by atoms with Crippen LogP contribution >= 0.6 is 24.0 Å². The smallest absolute Gasteiger partial charge is 0.251 e. The minimum absolute atomic E-state index is 0. The molecule has 27 heavy (non-hydrogen) atoms. The van der Waals surface area contributed by atoms with Gasteiger partial charge < -0.3 is 15.5 Å². The van der Waals surface area contributed by atoms with Crippen molar-refractivity contribution in [2.24, 2.45) is 4.99 Å². The van der Waals surface area contributed by atoms with Crippen LogP contribution in [0.25, 0.3) is 0 Å². The van der Waals surface area contributed by atoms with Crippen LogP contribution in [0.5, 0.6) is 0 Å². The van der Waals surface area contributed by atoms with Crippen molar-refractivity contribution < 1.29 is 13.2 Å². The lowest BCUT2D eigenvalue weighted by atomic mass is 10.1. The summed E-state index contributed by atoms with van der Waals surface area (Å²) in [5.41, 5.74) is 1.57. The molecular weight excluding hydrogens is 479 g/mol. The summed E-state index contributed by atoms with van der Waals surface area (Å²) in [6.07, 6.45) is 0. The number of hydrogen-bond acceptors (Lipinski definition) is 4. The van der Waals surface area contributed by atoms with E-state index in [1.165, 1.54) is 0 Å². The molecule has 7 nitrogen and oxygen atoms in total. The lowest BCUT2D eigenvalue weighted by molar-refractivity contribution is 0.0955. The highest BCUT2D eigenvalue weighted by molar-refractivity contribution is 14.0. The molecule has 0 radical (unpaired) electrons. The summed E-state index contributed by atoms with van der Waals surface area (Å²) < 4.78 is 23.5. The summed E-state index contributed by atoms with van der Waals surface area (Å²) in [7, 11) is -1.41. The van der Waals surface area contributed by atoms with E-state index in [9.17, 15) is 13.2 Å². The Kier molecular flexibility index (Phi) is 8.52. The van der Waals surface area contributed by atoms with E-state index < -0.39 is 14.6 Å². The third-order valence-corrected chi connectivity index (χ3v) is 7.06. The Bertz CT molecular complexity index is 794. The van der Waals surface area contributed by atoms with E-state index in [-0.39, 0.29) is 35.6 Å². The number of sulfone groups is 1. The summed E-state index contributed by atoms with van der Waals surface area (Å²) >= 11 is 0. The van der Waals surface area contributed by atoms with Gasteiger partial charge >= 0.3 is 0 Å². The first-order valence-corrected chi connectivity index (χ1v) is 10.4. The zero-order valence-electron chi connectivity index (χ0n) is 16.3. The van der Waals surface area contributed by atoms with Gasteiger partial charge in [0.25, 0.3) is 5.91 Å². The Hall–Kier alpha value is -1.36. The number of aliphatic imine (C=N–C) groups is 1. The molecule has 0 aliphatic carbocycles. The van der Waals surface area contributed by atoms with Crippen molar-refractivity contribution in [2.75, 3.05) is 32.4 Å². The van der Waals surface area contributed by atoms with Crippen LogP contribution in [0, 0.1) is 0 Å². The highest BCUT2D eigenvalue weighted by atomic mass is 127. The number of carbonyl (C=O) groups is 1. The molecule has 0 saturated carbocycles. The summed E-state index contributed by atoms with van der Waals surface area (Å²) in [6.45, 7) is 7.28. The van der Waals surface area contributed by atoms with Crippen LogP contribution in [-0.2, 0) is 16.4 Å². The molecule has 152 valence electrons. The van der Waals surface area contributed by atoms with Gasteiger partial charge in [0.2, 0.25) is 0 Å². The van der Waals surface area contributed by atoms with Crippen molar-refractivity contribution in [3.63, 3.8) is 0 Å². The minimum atomic E-state index is -3.09. The molecule has 0 atom stereocenters. The Morgan fingerprint density at radius 2 is 2.00 bits per heavy atom. The largest absolute Gasteiger partial charge is 0.352 e. The van der Waals surface area contributed by atoms with Crippen LogP contribution in [0.4, 0.5) is 0 Å². The minimum Gasteiger partial charge on any atom is -0.352 e. The monoisotopic (exact) mass is 508 g/mol. The van der Waals surface area contributed by atoms with Gasteiger partial charge in [-0.2, -0.15) is 0 Å². The normalized spacial score (nSPS) is 18.4. The summed E-state index contributed by atoms with van der Waals surface area (Å²) in [5, 5.41) is 6.05. The van der Waals surface area contributed by atoms with Crippen LogP contribution in [0.1, 0.15) is 36.7 Å².